The van der Waals surface area contributed by atoms with Gasteiger partial charge in [0, 0.05) is 49.7 Å². The van der Waals surface area contributed by atoms with Crippen molar-refractivity contribution in [1.29, 1.82) is 0 Å². The average molecular weight is 555 g/mol. The van der Waals surface area contributed by atoms with Crippen molar-refractivity contribution < 1.29 is 28.5 Å². The van der Waals surface area contributed by atoms with Gasteiger partial charge in [0.1, 0.15) is 6.61 Å². The number of carbonyl (C=O) groups excluding carboxylic acids is 3. The molecule has 1 aromatic carbocycles. The maximum atomic E-state index is 13.0. The predicted octanol–water partition coefficient (Wildman–Crippen LogP) is 4.36. The molecule has 1 heterocycles. The molecular formula is C24H38N4O7SSi. The Morgan fingerprint density at radius 1 is 1.24 bits per heavy atom. The summed E-state index contributed by atoms with van der Waals surface area (Å²) in [5.74, 6) is 0.703. The molecule has 2 N–H and O–H groups in total. The van der Waals surface area contributed by atoms with Crippen molar-refractivity contribution >= 4 is 43.8 Å². The Morgan fingerprint density at radius 2 is 1.86 bits per heavy atom. The van der Waals surface area contributed by atoms with Crippen LogP contribution in [0.5, 0.6) is 0 Å². The number of non-ortho nitro benzene ring substituents is 1. The van der Waals surface area contributed by atoms with Crippen molar-refractivity contribution in [3.05, 3.63) is 39.9 Å². The molecule has 1 saturated heterocycles. The van der Waals surface area contributed by atoms with E-state index in [-0.39, 0.29) is 41.8 Å². The van der Waals surface area contributed by atoms with Gasteiger partial charge in [0.25, 0.3) is 5.69 Å². The lowest BCUT2D eigenvalue weighted by molar-refractivity contribution is -0.384. The second-order valence-corrected chi connectivity index (χ2v) is 16.5. The zero-order valence-corrected chi connectivity index (χ0v) is 24.2. The van der Waals surface area contributed by atoms with Gasteiger partial charge >= 0.3 is 12.1 Å². The van der Waals surface area contributed by atoms with Gasteiger partial charge in [-0.15, -0.1) is 0 Å². The van der Waals surface area contributed by atoms with Gasteiger partial charge in [-0.3, -0.25) is 19.8 Å². The van der Waals surface area contributed by atoms with Crippen molar-refractivity contribution in [1.82, 2.24) is 9.80 Å². The first-order chi connectivity index (χ1) is 17.1. The van der Waals surface area contributed by atoms with E-state index in [0.29, 0.717) is 30.0 Å². The molecule has 13 heteroatoms. The number of nitrogens with two attached hydrogens (primary N) is 1. The predicted molar refractivity (Wildman–Crippen MR) is 145 cm³/mol. The number of amides is 4. The molecule has 1 aromatic rings. The summed E-state index contributed by atoms with van der Waals surface area (Å²) in [7, 11) is -0.716. The number of nitro groups is 1. The molecule has 0 bridgehead atoms. The Kier molecular flexibility index (Phi) is 10.5. The van der Waals surface area contributed by atoms with Gasteiger partial charge in [0.2, 0.25) is 5.91 Å². The van der Waals surface area contributed by atoms with Crippen LogP contribution in [0.3, 0.4) is 0 Å². The normalized spacial score (nSPS) is 17.9. The van der Waals surface area contributed by atoms with Crippen LogP contribution in [0.2, 0.25) is 18.1 Å². The Balaban J connectivity index is 2.02. The van der Waals surface area contributed by atoms with E-state index in [1.54, 1.807) is 17.0 Å². The van der Waals surface area contributed by atoms with E-state index in [0.717, 1.165) is 4.90 Å². The maximum absolute atomic E-state index is 13.0. The van der Waals surface area contributed by atoms with Gasteiger partial charge < -0.3 is 19.8 Å². The third-order valence-corrected chi connectivity index (χ3v) is 12.5. The van der Waals surface area contributed by atoms with Gasteiger partial charge in [0.15, 0.2) is 8.32 Å². The largest absolute Gasteiger partial charge is 0.445 e. The number of benzene rings is 1. The number of hydrogen-bond acceptors (Lipinski definition) is 8. The van der Waals surface area contributed by atoms with Crippen LogP contribution in [0.25, 0.3) is 0 Å². The van der Waals surface area contributed by atoms with Crippen LogP contribution >= 0.6 is 11.8 Å². The van der Waals surface area contributed by atoms with Crippen molar-refractivity contribution in [2.75, 3.05) is 25.1 Å². The summed E-state index contributed by atoms with van der Waals surface area (Å²) < 4.78 is 12.1. The monoisotopic (exact) mass is 554 g/mol. The number of hydrogen-bond donors (Lipinski definition) is 1. The van der Waals surface area contributed by atoms with Crippen LogP contribution in [0.4, 0.5) is 15.3 Å². The van der Waals surface area contributed by atoms with Crippen molar-refractivity contribution in [2.45, 2.75) is 70.5 Å². The molecule has 2 atom stereocenters. The molecule has 1 fully saturated rings. The Labute approximate surface area is 223 Å². The Hall–Kier alpha value is -2.64. The van der Waals surface area contributed by atoms with E-state index < -0.39 is 25.4 Å². The highest BCUT2D eigenvalue weighted by Gasteiger charge is 2.44. The summed E-state index contributed by atoms with van der Waals surface area (Å²) >= 11 is 1.52. The summed E-state index contributed by atoms with van der Waals surface area (Å²) in [4.78, 5) is 49.1. The van der Waals surface area contributed by atoms with Gasteiger partial charge in [0.05, 0.1) is 11.0 Å². The van der Waals surface area contributed by atoms with Crippen LogP contribution < -0.4 is 5.73 Å². The molecule has 0 spiro atoms. The topological polar surface area (TPSA) is 145 Å². The maximum Gasteiger partial charge on any atom is 0.410 e. The highest BCUT2D eigenvalue weighted by molar-refractivity contribution is 7.99. The van der Waals surface area contributed by atoms with Crippen molar-refractivity contribution in [3.8, 4) is 0 Å². The van der Waals surface area contributed by atoms with Crippen molar-refractivity contribution in [2.24, 2.45) is 5.73 Å². The minimum atomic E-state index is -2.06. The standard InChI is InChI=1S/C24H38N4O7SSi/c1-24(2,3)37(5,6)35-20-13-19(16-36-12-11-21(29)26(4)22(25)30)27(14-20)23(31)34-15-17-7-9-18(10-8-17)28(32)33/h7-10,19-20H,11-16H2,1-6H3,(H2,25,30). The highest BCUT2D eigenvalue weighted by atomic mass is 32.2. The summed E-state index contributed by atoms with van der Waals surface area (Å²) in [5.41, 5.74) is 5.76. The number of rotatable bonds is 10. The van der Waals surface area contributed by atoms with Gasteiger partial charge in [-0.05, 0) is 42.2 Å². The fraction of sp³-hybridized carbons (Fsp3) is 0.625. The zero-order chi connectivity index (χ0) is 28.0. The van der Waals surface area contributed by atoms with Crippen LogP contribution in [0, 0.1) is 10.1 Å². The van der Waals surface area contributed by atoms with Gasteiger partial charge in [-0.25, -0.2) is 9.59 Å². The number of carbonyl (C=O) groups is 3. The quantitative estimate of drug-likeness (QED) is 0.194. The number of nitrogens with zero attached hydrogens (tertiary/aromatic N) is 3. The number of likely N-dealkylation sites (tertiary alicyclic amines) is 1. The summed E-state index contributed by atoms with van der Waals surface area (Å²) in [5, 5.41) is 10.9. The number of primary amides is 1. The SMILES string of the molecule is CN(C(N)=O)C(=O)CCSCC1CC(O[Si](C)(C)C(C)(C)C)CN1C(=O)OCc1ccc([N+](=O)[O-])cc1. The minimum Gasteiger partial charge on any atom is -0.445 e. The smallest absolute Gasteiger partial charge is 0.410 e. The third-order valence-electron chi connectivity index (χ3n) is 6.86. The first kappa shape index (κ1) is 30.6. The van der Waals surface area contributed by atoms with E-state index in [4.69, 9.17) is 14.9 Å². The van der Waals surface area contributed by atoms with Crippen LogP contribution in [0.15, 0.2) is 24.3 Å². The molecule has 11 nitrogen and oxygen atoms in total. The van der Waals surface area contributed by atoms with Gasteiger partial charge in [-0.1, -0.05) is 20.8 Å². The van der Waals surface area contributed by atoms with Crippen LogP contribution in [0.1, 0.15) is 39.2 Å². The van der Waals surface area contributed by atoms with E-state index >= 15 is 0 Å². The Morgan fingerprint density at radius 3 is 2.41 bits per heavy atom. The van der Waals surface area contributed by atoms with E-state index in [2.05, 4.69) is 33.9 Å². The molecule has 2 unspecified atom stereocenters. The molecule has 1 aliphatic rings. The number of thioether (sulfide) groups is 1. The summed E-state index contributed by atoms with van der Waals surface area (Å²) in [6.07, 6.45) is 0.211. The molecule has 1 aliphatic heterocycles. The van der Waals surface area contributed by atoms with Crippen LogP contribution in [-0.2, 0) is 20.6 Å². The summed E-state index contributed by atoms with van der Waals surface area (Å²) in [6.45, 7) is 11.2. The molecule has 0 aliphatic carbocycles. The minimum absolute atomic E-state index is 0.00506. The molecule has 0 radical (unpaired) electrons. The lowest BCUT2D eigenvalue weighted by atomic mass is 10.2. The number of ether oxygens (including phenoxy) is 1. The molecule has 37 heavy (non-hydrogen) atoms. The van der Waals surface area contributed by atoms with E-state index in [1.165, 1.54) is 30.9 Å². The second kappa shape index (κ2) is 12.7. The molecule has 0 aromatic heterocycles. The molecule has 0 saturated carbocycles. The highest BCUT2D eigenvalue weighted by Crippen LogP contribution is 2.39. The fourth-order valence-corrected chi connectivity index (χ4v) is 5.98. The third kappa shape index (κ3) is 8.71. The Bertz CT molecular complexity index is 984. The van der Waals surface area contributed by atoms with Crippen LogP contribution in [-0.4, -0.2) is 78.3 Å². The first-order valence-corrected chi connectivity index (χ1v) is 16.2. The van der Waals surface area contributed by atoms with Crippen molar-refractivity contribution in [3.63, 3.8) is 0 Å². The lowest BCUT2D eigenvalue weighted by Crippen LogP contribution is -2.44. The van der Waals surface area contributed by atoms with Gasteiger partial charge in [-0.2, -0.15) is 11.8 Å². The lowest BCUT2D eigenvalue weighted by Gasteiger charge is -2.38. The first-order valence-electron chi connectivity index (χ1n) is 12.1. The fourth-order valence-electron chi connectivity index (χ4n) is 3.55. The second-order valence-electron chi connectivity index (χ2n) is 10.6. The molecule has 4 amide bonds. The number of nitro benzene ring substituents is 1. The number of urea groups is 1. The zero-order valence-electron chi connectivity index (χ0n) is 22.4. The number of imide groups is 1. The average Bonchev–Trinajstić information content (AvgIpc) is 3.20. The summed E-state index contributed by atoms with van der Waals surface area (Å²) in [6, 6.07) is 4.93. The molecular weight excluding hydrogens is 516 g/mol. The molecule has 2 rings (SSSR count). The molecule has 206 valence electrons. The van der Waals surface area contributed by atoms with E-state index in [1.807, 2.05) is 0 Å². The van der Waals surface area contributed by atoms with E-state index in [9.17, 15) is 24.5 Å².